The van der Waals surface area contributed by atoms with Crippen molar-refractivity contribution in [3.63, 3.8) is 0 Å². The van der Waals surface area contributed by atoms with Crippen molar-refractivity contribution in [2.45, 2.75) is 43.4 Å². The number of rotatable bonds is 4. The van der Waals surface area contributed by atoms with Gasteiger partial charge in [0.05, 0.1) is 5.41 Å². The van der Waals surface area contributed by atoms with E-state index in [0.717, 1.165) is 18.4 Å². The van der Waals surface area contributed by atoms with Crippen LogP contribution in [-0.4, -0.2) is 5.78 Å². The van der Waals surface area contributed by atoms with Gasteiger partial charge in [0, 0.05) is 5.56 Å². The zero-order valence-electron chi connectivity index (χ0n) is 12.2. The number of ketones is 1. The fourth-order valence-corrected chi connectivity index (χ4v) is 3.57. The van der Waals surface area contributed by atoms with Crippen LogP contribution in [0.3, 0.4) is 0 Å². The third kappa shape index (κ3) is 2.03. The van der Waals surface area contributed by atoms with Crippen LogP contribution in [0, 0.1) is 0 Å². The van der Waals surface area contributed by atoms with Crippen LogP contribution in [0.2, 0.25) is 0 Å². The molecule has 21 heavy (non-hydrogen) atoms. The quantitative estimate of drug-likeness (QED) is 0.728. The minimum Gasteiger partial charge on any atom is -0.293 e. The fourth-order valence-electron chi connectivity index (χ4n) is 3.57. The summed E-state index contributed by atoms with van der Waals surface area (Å²) in [6.45, 7) is 0. The molecule has 4 rings (SSSR count). The van der Waals surface area contributed by atoms with Crippen LogP contribution in [0.5, 0.6) is 0 Å². The molecule has 2 saturated carbocycles. The number of carbonyl (C=O) groups excluding carboxylic acids is 1. The average molecular weight is 276 g/mol. The second-order valence-electron chi connectivity index (χ2n) is 6.49. The first-order chi connectivity index (χ1) is 10.3. The van der Waals surface area contributed by atoms with Gasteiger partial charge in [-0.05, 0) is 42.7 Å². The Morgan fingerprint density at radius 3 is 2.19 bits per heavy atom. The highest BCUT2D eigenvalue weighted by molar-refractivity contribution is 6.07. The molecule has 0 heterocycles. The standard InChI is InChI=1S/C20H20O/c21-19(20(13-14-20)16-9-2-1-3-10-16)18-12-5-4-11-17(18)15-7-6-8-15/h1-5,9-12,15H,6-8,13-14H2. The Kier molecular flexibility index (Phi) is 2.95. The highest BCUT2D eigenvalue weighted by Gasteiger charge is 2.51. The van der Waals surface area contributed by atoms with Crippen LogP contribution < -0.4 is 0 Å². The van der Waals surface area contributed by atoms with Crippen LogP contribution in [0.15, 0.2) is 54.6 Å². The van der Waals surface area contributed by atoms with Crippen LogP contribution in [0.4, 0.5) is 0 Å². The molecule has 2 aliphatic carbocycles. The maximum absolute atomic E-state index is 13.2. The van der Waals surface area contributed by atoms with E-state index in [1.54, 1.807) is 0 Å². The van der Waals surface area contributed by atoms with Gasteiger partial charge >= 0.3 is 0 Å². The third-order valence-corrected chi connectivity index (χ3v) is 5.26. The predicted molar refractivity (Wildman–Crippen MR) is 84.7 cm³/mol. The Balaban J connectivity index is 1.73. The first-order valence-corrected chi connectivity index (χ1v) is 8.00. The van der Waals surface area contributed by atoms with E-state index in [1.165, 1.54) is 30.4 Å². The second-order valence-corrected chi connectivity index (χ2v) is 6.49. The van der Waals surface area contributed by atoms with E-state index in [1.807, 2.05) is 30.3 Å². The van der Waals surface area contributed by atoms with Crippen LogP contribution >= 0.6 is 0 Å². The lowest BCUT2D eigenvalue weighted by Crippen LogP contribution is -2.23. The zero-order valence-corrected chi connectivity index (χ0v) is 12.2. The summed E-state index contributed by atoms with van der Waals surface area (Å²) in [6.07, 6.45) is 5.77. The number of hydrogen-bond donors (Lipinski definition) is 0. The normalized spacial score (nSPS) is 19.8. The molecule has 0 saturated heterocycles. The molecule has 1 nitrogen and oxygen atoms in total. The van der Waals surface area contributed by atoms with E-state index in [0.29, 0.717) is 11.7 Å². The van der Waals surface area contributed by atoms with Gasteiger partial charge in [0.25, 0.3) is 0 Å². The van der Waals surface area contributed by atoms with Crippen molar-refractivity contribution >= 4 is 5.78 Å². The van der Waals surface area contributed by atoms with Gasteiger partial charge in [-0.2, -0.15) is 0 Å². The van der Waals surface area contributed by atoms with E-state index >= 15 is 0 Å². The van der Waals surface area contributed by atoms with Crippen LogP contribution in [0.1, 0.15) is 59.5 Å². The lowest BCUT2D eigenvalue weighted by Gasteiger charge is -2.28. The van der Waals surface area contributed by atoms with Crippen molar-refractivity contribution in [1.29, 1.82) is 0 Å². The Morgan fingerprint density at radius 2 is 1.57 bits per heavy atom. The molecule has 0 aliphatic heterocycles. The SMILES string of the molecule is O=C(c1ccccc1C1CCC1)C1(c2ccccc2)CC1. The van der Waals surface area contributed by atoms with Crippen molar-refractivity contribution in [3.05, 3.63) is 71.3 Å². The third-order valence-electron chi connectivity index (χ3n) is 5.26. The van der Waals surface area contributed by atoms with Gasteiger partial charge in [0.1, 0.15) is 0 Å². The van der Waals surface area contributed by atoms with E-state index in [2.05, 4.69) is 24.3 Å². The smallest absolute Gasteiger partial charge is 0.173 e. The molecule has 0 atom stereocenters. The molecular weight excluding hydrogens is 256 g/mol. The van der Waals surface area contributed by atoms with Gasteiger partial charge in [-0.3, -0.25) is 4.79 Å². The van der Waals surface area contributed by atoms with E-state index < -0.39 is 0 Å². The molecule has 0 amide bonds. The van der Waals surface area contributed by atoms with Gasteiger partial charge in [-0.15, -0.1) is 0 Å². The Bertz CT molecular complexity index is 663. The summed E-state index contributed by atoms with van der Waals surface area (Å²) in [5.74, 6) is 0.952. The molecule has 2 fully saturated rings. The average Bonchev–Trinajstić information content (AvgIpc) is 3.28. The molecule has 0 aromatic heterocycles. The molecule has 2 aliphatic rings. The summed E-state index contributed by atoms with van der Waals surface area (Å²) in [6, 6.07) is 18.6. The summed E-state index contributed by atoms with van der Waals surface area (Å²) in [4.78, 5) is 13.2. The molecule has 0 bridgehead atoms. The molecule has 1 heteroatoms. The monoisotopic (exact) mass is 276 g/mol. The highest BCUT2D eigenvalue weighted by atomic mass is 16.1. The zero-order chi connectivity index (χ0) is 14.3. The number of hydrogen-bond acceptors (Lipinski definition) is 1. The molecular formula is C20H20O. The van der Waals surface area contributed by atoms with Gasteiger partial charge in [0.2, 0.25) is 0 Å². The summed E-state index contributed by atoms with van der Waals surface area (Å²) in [5, 5.41) is 0. The predicted octanol–water partition coefficient (Wildman–Crippen LogP) is 4.87. The summed E-state index contributed by atoms with van der Waals surface area (Å²) in [5.41, 5.74) is 3.22. The van der Waals surface area contributed by atoms with Crippen molar-refractivity contribution in [2.75, 3.05) is 0 Å². The topological polar surface area (TPSA) is 17.1 Å². The number of Topliss-reactive ketones (excluding diaryl/α,β-unsaturated/α-hetero) is 1. The minimum atomic E-state index is -0.235. The second kappa shape index (κ2) is 4.84. The summed E-state index contributed by atoms with van der Waals surface area (Å²) in [7, 11) is 0. The molecule has 0 spiro atoms. The van der Waals surface area contributed by atoms with E-state index in [9.17, 15) is 4.79 Å². The Hall–Kier alpha value is -1.89. The molecule has 2 aromatic carbocycles. The van der Waals surface area contributed by atoms with Crippen LogP contribution in [-0.2, 0) is 5.41 Å². The minimum absolute atomic E-state index is 0.235. The molecule has 0 N–H and O–H groups in total. The maximum Gasteiger partial charge on any atom is 0.173 e. The lowest BCUT2D eigenvalue weighted by atomic mass is 9.75. The highest BCUT2D eigenvalue weighted by Crippen LogP contribution is 2.51. The summed E-state index contributed by atoms with van der Waals surface area (Å²) < 4.78 is 0. The number of benzene rings is 2. The van der Waals surface area contributed by atoms with E-state index in [-0.39, 0.29) is 5.41 Å². The Labute approximate surface area is 126 Å². The van der Waals surface area contributed by atoms with Gasteiger partial charge < -0.3 is 0 Å². The first kappa shape index (κ1) is 12.8. The van der Waals surface area contributed by atoms with Gasteiger partial charge in [-0.1, -0.05) is 61.0 Å². The fraction of sp³-hybridized carbons (Fsp3) is 0.350. The van der Waals surface area contributed by atoms with Crippen molar-refractivity contribution in [3.8, 4) is 0 Å². The Morgan fingerprint density at radius 1 is 0.905 bits per heavy atom. The van der Waals surface area contributed by atoms with E-state index in [4.69, 9.17) is 0 Å². The maximum atomic E-state index is 13.2. The molecule has 106 valence electrons. The van der Waals surface area contributed by atoms with Crippen molar-refractivity contribution in [2.24, 2.45) is 0 Å². The van der Waals surface area contributed by atoms with Crippen molar-refractivity contribution in [1.82, 2.24) is 0 Å². The largest absolute Gasteiger partial charge is 0.293 e. The number of carbonyl (C=O) groups is 1. The lowest BCUT2D eigenvalue weighted by molar-refractivity contribution is 0.0944. The molecule has 0 radical (unpaired) electrons. The van der Waals surface area contributed by atoms with Gasteiger partial charge in [-0.25, -0.2) is 0 Å². The van der Waals surface area contributed by atoms with Gasteiger partial charge in [0.15, 0.2) is 5.78 Å². The van der Waals surface area contributed by atoms with Crippen LogP contribution in [0.25, 0.3) is 0 Å². The first-order valence-electron chi connectivity index (χ1n) is 8.00. The summed E-state index contributed by atoms with van der Waals surface area (Å²) >= 11 is 0. The van der Waals surface area contributed by atoms with Crippen molar-refractivity contribution < 1.29 is 4.79 Å². The molecule has 2 aromatic rings. The molecule has 0 unspecified atom stereocenters.